The molecule has 4 nitrogen and oxygen atoms in total. The summed E-state index contributed by atoms with van der Waals surface area (Å²) in [5.74, 6) is 1.08. The Morgan fingerprint density at radius 2 is 1.88 bits per heavy atom. The molecule has 0 bridgehead atoms. The molecule has 0 saturated carbocycles. The van der Waals surface area contributed by atoms with Crippen molar-refractivity contribution in [2.75, 3.05) is 24.8 Å². The Hall–Kier alpha value is -1.24. The fourth-order valence-electron chi connectivity index (χ4n) is 2.17. The van der Waals surface area contributed by atoms with Crippen molar-refractivity contribution in [1.82, 2.24) is 0 Å². The van der Waals surface area contributed by atoms with Crippen molar-refractivity contribution in [2.24, 2.45) is 0 Å². The maximum Gasteiger partial charge on any atom is 0.330 e. The van der Waals surface area contributed by atoms with E-state index < -0.39 is 0 Å². The van der Waals surface area contributed by atoms with E-state index in [0.29, 0.717) is 19.0 Å². The average molecular weight is 460 g/mol. The number of hydrogen-bond acceptors (Lipinski definition) is 4. The summed E-state index contributed by atoms with van der Waals surface area (Å²) in [6, 6.07) is 5.62. The zero-order chi connectivity index (χ0) is 18.3. The molecule has 0 aliphatic rings. The summed E-state index contributed by atoms with van der Waals surface area (Å²) in [7, 11) is 1.61. The highest BCUT2D eigenvalue weighted by atomic mass is 127. The summed E-state index contributed by atoms with van der Waals surface area (Å²) in [4.78, 5) is 11.7. The fourth-order valence-corrected chi connectivity index (χ4v) is 2.71. The van der Waals surface area contributed by atoms with Crippen LogP contribution in [0.5, 0.6) is 11.5 Å². The van der Waals surface area contributed by atoms with Gasteiger partial charge in [0.05, 0.1) is 20.3 Å². The second-order valence-corrected chi connectivity index (χ2v) is 6.80. The van der Waals surface area contributed by atoms with Gasteiger partial charge < -0.3 is 14.2 Å². The molecule has 0 unspecified atom stereocenters. The highest BCUT2D eigenvalue weighted by Gasteiger charge is 2.05. The molecule has 0 N–H and O–H groups in total. The van der Waals surface area contributed by atoms with Gasteiger partial charge in [-0.15, -0.1) is 0 Å². The highest BCUT2D eigenvalue weighted by Crippen LogP contribution is 2.28. The Morgan fingerprint density at radius 1 is 1.08 bits per heavy atom. The zero-order valence-corrected chi connectivity index (χ0v) is 17.4. The van der Waals surface area contributed by atoms with Crippen LogP contribution in [-0.4, -0.2) is 30.7 Å². The zero-order valence-electron chi connectivity index (χ0n) is 15.3. The quantitative estimate of drug-likeness (QED) is 0.130. The molecule has 0 aliphatic carbocycles. The molecule has 0 aliphatic heterocycles. The summed E-state index contributed by atoms with van der Waals surface area (Å²) >= 11 is 2.38. The van der Waals surface area contributed by atoms with E-state index in [2.05, 4.69) is 29.5 Å². The molecule has 25 heavy (non-hydrogen) atoms. The van der Waals surface area contributed by atoms with E-state index in [9.17, 15) is 4.79 Å². The van der Waals surface area contributed by atoms with Gasteiger partial charge in [-0.3, -0.25) is 0 Å². The molecule has 1 aromatic carbocycles. The van der Waals surface area contributed by atoms with Crippen LogP contribution in [0.15, 0.2) is 24.3 Å². The van der Waals surface area contributed by atoms with Gasteiger partial charge in [-0.25, -0.2) is 4.79 Å². The van der Waals surface area contributed by atoms with Crippen LogP contribution >= 0.6 is 22.6 Å². The molecule has 140 valence electrons. The molecule has 0 heterocycles. The van der Waals surface area contributed by atoms with E-state index in [4.69, 9.17) is 14.2 Å². The molecule has 0 atom stereocenters. The number of halogens is 1. The number of methoxy groups -OCH3 is 1. The average Bonchev–Trinajstić information content (AvgIpc) is 2.63. The van der Waals surface area contributed by atoms with Crippen LogP contribution in [-0.2, 0) is 9.53 Å². The van der Waals surface area contributed by atoms with Crippen molar-refractivity contribution in [3.8, 4) is 11.5 Å². The first-order valence-corrected chi connectivity index (χ1v) is 10.5. The van der Waals surface area contributed by atoms with E-state index in [1.165, 1.54) is 23.3 Å². The maximum absolute atomic E-state index is 11.7. The summed E-state index contributed by atoms with van der Waals surface area (Å²) < 4.78 is 17.5. The predicted octanol–water partition coefficient (Wildman–Crippen LogP) is 5.43. The normalized spacial score (nSPS) is 10.8. The topological polar surface area (TPSA) is 44.8 Å². The van der Waals surface area contributed by atoms with Crippen molar-refractivity contribution in [2.45, 2.75) is 45.4 Å². The monoisotopic (exact) mass is 460 g/mol. The fraction of sp³-hybridized carbons (Fsp3) is 0.550. The molecular formula is C20H29IO4. The Kier molecular flexibility index (Phi) is 12.2. The van der Waals surface area contributed by atoms with Crippen molar-refractivity contribution < 1.29 is 19.0 Å². The van der Waals surface area contributed by atoms with Crippen molar-refractivity contribution in [3.05, 3.63) is 29.8 Å². The number of rotatable bonds is 13. The molecule has 1 aromatic rings. The number of hydrogen-bond donors (Lipinski definition) is 0. The number of benzene rings is 1. The SMILES string of the molecule is CCCCOc1ccc(/C=C/C(=O)OCCCCCCI)cc1OC. The molecule has 0 saturated heterocycles. The number of carbonyl (C=O) groups is 1. The Bertz CT molecular complexity index is 528. The van der Waals surface area contributed by atoms with Crippen molar-refractivity contribution in [3.63, 3.8) is 0 Å². The standard InChI is InChI=1S/C20H29IO4/c1-3-4-14-24-18-11-9-17(16-19(18)23-2)10-12-20(22)25-15-8-6-5-7-13-21/h9-12,16H,3-8,13-15H2,1-2H3/b12-10+. The largest absolute Gasteiger partial charge is 0.493 e. The maximum atomic E-state index is 11.7. The summed E-state index contributed by atoms with van der Waals surface area (Å²) in [6.45, 7) is 3.28. The first-order chi connectivity index (χ1) is 12.2. The minimum Gasteiger partial charge on any atom is -0.493 e. The molecule has 0 fully saturated rings. The minimum absolute atomic E-state index is 0.309. The smallest absolute Gasteiger partial charge is 0.330 e. The van der Waals surface area contributed by atoms with Crippen LogP contribution in [0.2, 0.25) is 0 Å². The van der Waals surface area contributed by atoms with Crippen LogP contribution in [0.3, 0.4) is 0 Å². The van der Waals surface area contributed by atoms with Gasteiger partial charge in [0.25, 0.3) is 0 Å². The lowest BCUT2D eigenvalue weighted by Crippen LogP contribution is -2.02. The molecule has 0 spiro atoms. The van der Waals surface area contributed by atoms with Gasteiger partial charge in [0.15, 0.2) is 11.5 Å². The third-order valence-electron chi connectivity index (χ3n) is 3.63. The summed E-state index contributed by atoms with van der Waals surface area (Å²) in [5.41, 5.74) is 0.874. The third-order valence-corrected chi connectivity index (χ3v) is 4.39. The van der Waals surface area contributed by atoms with E-state index in [1.807, 2.05) is 18.2 Å². The van der Waals surface area contributed by atoms with E-state index in [-0.39, 0.29) is 5.97 Å². The van der Waals surface area contributed by atoms with Gasteiger partial charge in [0, 0.05) is 6.08 Å². The van der Waals surface area contributed by atoms with Gasteiger partial charge in [0.1, 0.15) is 0 Å². The molecule has 0 aromatic heterocycles. The number of esters is 1. The van der Waals surface area contributed by atoms with Crippen LogP contribution < -0.4 is 9.47 Å². The number of unbranched alkanes of at least 4 members (excludes halogenated alkanes) is 4. The van der Waals surface area contributed by atoms with E-state index >= 15 is 0 Å². The minimum atomic E-state index is -0.309. The van der Waals surface area contributed by atoms with E-state index in [0.717, 1.165) is 37.0 Å². The van der Waals surface area contributed by atoms with Gasteiger partial charge in [0.2, 0.25) is 0 Å². The highest BCUT2D eigenvalue weighted by molar-refractivity contribution is 14.1. The molecule has 0 amide bonds. The number of alkyl halides is 1. The number of ether oxygens (including phenoxy) is 3. The number of carbonyl (C=O) groups excluding carboxylic acids is 1. The van der Waals surface area contributed by atoms with Gasteiger partial charge >= 0.3 is 5.97 Å². The molecule has 1 rings (SSSR count). The van der Waals surface area contributed by atoms with Gasteiger partial charge in [-0.05, 0) is 47.5 Å². The predicted molar refractivity (Wildman–Crippen MR) is 111 cm³/mol. The van der Waals surface area contributed by atoms with Crippen LogP contribution in [0.4, 0.5) is 0 Å². The molecular weight excluding hydrogens is 431 g/mol. The summed E-state index contributed by atoms with van der Waals surface area (Å²) in [5, 5.41) is 0. The second kappa shape index (κ2) is 14.0. The van der Waals surface area contributed by atoms with Crippen LogP contribution in [0, 0.1) is 0 Å². The first kappa shape index (κ1) is 21.8. The summed E-state index contributed by atoms with van der Waals surface area (Å²) in [6.07, 6.45) is 9.74. The van der Waals surface area contributed by atoms with Crippen molar-refractivity contribution in [1.29, 1.82) is 0 Å². The second-order valence-electron chi connectivity index (χ2n) is 5.72. The van der Waals surface area contributed by atoms with Crippen LogP contribution in [0.25, 0.3) is 6.08 Å². The molecule has 5 heteroatoms. The third kappa shape index (κ3) is 9.72. The molecule has 0 radical (unpaired) electrons. The van der Waals surface area contributed by atoms with E-state index in [1.54, 1.807) is 13.2 Å². The van der Waals surface area contributed by atoms with Gasteiger partial charge in [-0.1, -0.05) is 54.8 Å². The lowest BCUT2D eigenvalue weighted by molar-refractivity contribution is -0.137. The van der Waals surface area contributed by atoms with Crippen LogP contribution in [0.1, 0.15) is 51.0 Å². The Morgan fingerprint density at radius 3 is 2.60 bits per heavy atom. The van der Waals surface area contributed by atoms with Crippen molar-refractivity contribution >= 4 is 34.6 Å². The Labute approximate surface area is 165 Å². The first-order valence-electron chi connectivity index (χ1n) is 8.93. The lowest BCUT2D eigenvalue weighted by Gasteiger charge is -2.10. The van der Waals surface area contributed by atoms with Gasteiger partial charge in [-0.2, -0.15) is 0 Å². The Balaban J connectivity index is 2.44. The lowest BCUT2D eigenvalue weighted by atomic mass is 10.2.